The van der Waals surface area contributed by atoms with E-state index in [-0.39, 0.29) is 0 Å². The molecule has 0 radical (unpaired) electrons. The molecule has 4 heterocycles. The largest absolute Gasteiger partial charge is 0.278 e. The number of benzene rings is 9. The molecule has 6 heteroatoms. The second kappa shape index (κ2) is 14.2. The lowest BCUT2D eigenvalue weighted by atomic mass is 9.98. The normalized spacial score (nSPS) is 11.8. The summed E-state index contributed by atoms with van der Waals surface area (Å²) in [5.41, 5.74) is 11.8. The molecule has 0 spiro atoms. The van der Waals surface area contributed by atoms with Crippen molar-refractivity contribution in [1.29, 1.82) is 0 Å². The summed E-state index contributed by atoms with van der Waals surface area (Å²) >= 11 is 1.83. The van der Waals surface area contributed by atoms with Crippen LogP contribution in [0.4, 0.5) is 0 Å². The average molecular weight is 822 g/mol. The van der Waals surface area contributed by atoms with Gasteiger partial charge in [0.25, 0.3) is 0 Å². The van der Waals surface area contributed by atoms with Crippen molar-refractivity contribution >= 4 is 75.1 Å². The van der Waals surface area contributed by atoms with Gasteiger partial charge in [0.15, 0.2) is 5.82 Å². The van der Waals surface area contributed by atoms with Crippen LogP contribution in [0.3, 0.4) is 0 Å². The van der Waals surface area contributed by atoms with Crippen LogP contribution < -0.4 is 0 Å². The molecule has 9 aromatic carbocycles. The minimum Gasteiger partial charge on any atom is -0.278 e. The Hall–Kier alpha value is -8.19. The van der Waals surface area contributed by atoms with Crippen LogP contribution >= 0.6 is 11.3 Å². The topological polar surface area (TPSA) is 48.5 Å². The predicted molar refractivity (Wildman–Crippen MR) is 263 cm³/mol. The lowest BCUT2D eigenvalue weighted by Crippen LogP contribution is -2.10. The average Bonchev–Trinajstić information content (AvgIpc) is 4.01. The lowest BCUT2D eigenvalue weighted by Gasteiger charge is -2.15. The highest BCUT2D eigenvalue weighted by molar-refractivity contribution is 7.25. The Bertz CT molecular complexity index is 3740. The van der Waals surface area contributed by atoms with Crippen molar-refractivity contribution in [2.24, 2.45) is 0 Å². The molecule has 0 aliphatic rings. The van der Waals surface area contributed by atoms with Crippen LogP contribution in [0.1, 0.15) is 0 Å². The van der Waals surface area contributed by atoms with Crippen molar-refractivity contribution in [3.05, 3.63) is 212 Å². The number of aromatic nitrogens is 5. The first-order valence-electron chi connectivity index (χ1n) is 21.2. The summed E-state index contributed by atoms with van der Waals surface area (Å²) in [6, 6.07) is 75.6. The van der Waals surface area contributed by atoms with Crippen LogP contribution in [-0.2, 0) is 0 Å². The molecule has 0 atom stereocenters. The van der Waals surface area contributed by atoms with Gasteiger partial charge in [-0.1, -0.05) is 176 Å². The molecule has 0 bridgehead atoms. The van der Waals surface area contributed by atoms with Gasteiger partial charge in [-0.2, -0.15) is 15.0 Å². The molecule has 0 saturated carbocycles. The van der Waals surface area contributed by atoms with Crippen LogP contribution in [0.15, 0.2) is 212 Å². The van der Waals surface area contributed by atoms with Gasteiger partial charge in [0, 0.05) is 47.3 Å². The summed E-state index contributed by atoms with van der Waals surface area (Å²) < 4.78 is 6.98. The molecular weight excluding hydrogens is 787 g/mol. The van der Waals surface area contributed by atoms with E-state index in [0.717, 1.165) is 82.6 Å². The standard InChI is InChI=1S/C57H35N5S/c1-3-15-36(16-4-1)38-27-30-44-42-20-9-12-24-49(42)61(51(44)33-38)56-58-55(48-23-8-7-19-41(48)40-29-32-47-46-22-11-14-26-53(46)63-54(47)35-40)59-57(60-56)62-50-25-13-10-21-43(50)45-31-28-39(34-52(45)62)37-17-5-2-6-18-37/h1-35H. The molecular formula is C57H35N5S. The molecule has 63 heavy (non-hydrogen) atoms. The van der Waals surface area contributed by atoms with Gasteiger partial charge in [0.1, 0.15) is 0 Å². The minimum atomic E-state index is 0.548. The molecule has 0 saturated heterocycles. The van der Waals surface area contributed by atoms with Crippen molar-refractivity contribution in [2.45, 2.75) is 0 Å². The maximum absolute atomic E-state index is 5.52. The Morgan fingerprint density at radius 2 is 0.730 bits per heavy atom. The highest BCUT2D eigenvalue weighted by atomic mass is 32.1. The van der Waals surface area contributed by atoms with Gasteiger partial charge < -0.3 is 0 Å². The number of thiophene rings is 1. The van der Waals surface area contributed by atoms with Gasteiger partial charge in [-0.25, -0.2) is 0 Å². The Labute approximate surface area is 366 Å². The predicted octanol–water partition coefficient (Wildman–Crippen LogP) is 15.1. The van der Waals surface area contributed by atoms with Crippen LogP contribution in [0.25, 0.3) is 120 Å². The summed E-state index contributed by atoms with van der Waals surface area (Å²) in [7, 11) is 0. The Balaban J connectivity index is 1.11. The Kier molecular flexibility index (Phi) is 8.01. The quantitative estimate of drug-likeness (QED) is 0.168. The van der Waals surface area contributed by atoms with E-state index in [1.807, 2.05) is 11.3 Å². The van der Waals surface area contributed by atoms with E-state index in [4.69, 9.17) is 15.0 Å². The zero-order valence-corrected chi connectivity index (χ0v) is 34.7. The molecule has 5 nitrogen and oxygen atoms in total. The summed E-state index contributed by atoms with van der Waals surface area (Å²) in [4.78, 5) is 16.5. The summed E-state index contributed by atoms with van der Waals surface area (Å²) in [6.07, 6.45) is 0. The smallest absolute Gasteiger partial charge is 0.240 e. The first kappa shape index (κ1) is 35.6. The maximum Gasteiger partial charge on any atom is 0.240 e. The van der Waals surface area contributed by atoms with Crippen LogP contribution in [0.5, 0.6) is 0 Å². The number of rotatable bonds is 6. The van der Waals surface area contributed by atoms with Crippen molar-refractivity contribution in [2.75, 3.05) is 0 Å². The van der Waals surface area contributed by atoms with Crippen LogP contribution in [0, 0.1) is 0 Å². The molecule has 0 N–H and O–H groups in total. The van der Waals surface area contributed by atoms with Gasteiger partial charge in [-0.3, -0.25) is 9.13 Å². The van der Waals surface area contributed by atoms with Crippen LogP contribution in [0.2, 0.25) is 0 Å². The summed E-state index contributed by atoms with van der Waals surface area (Å²) in [5.74, 6) is 1.69. The SMILES string of the molecule is c1ccc(-c2ccc3c4ccccc4n(-c4nc(-c5ccccc5-c5ccc6c(c5)sc5ccccc56)nc(-n5c6ccccc6c6ccc(-c7ccccc7)cc65)n4)c3c2)cc1. The van der Waals surface area contributed by atoms with E-state index < -0.39 is 0 Å². The highest BCUT2D eigenvalue weighted by Gasteiger charge is 2.23. The van der Waals surface area contributed by atoms with Gasteiger partial charge in [0.05, 0.1) is 22.1 Å². The monoisotopic (exact) mass is 821 g/mol. The Morgan fingerprint density at radius 1 is 0.286 bits per heavy atom. The summed E-state index contributed by atoms with van der Waals surface area (Å²) in [5, 5.41) is 7.09. The van der Waals surface area contributed by atoms with E-state index in [1.54, 1.807) is 0 Å². The maximum atomic E-state index is 5.52. The zero-order chi connectivity index (χ0) is 41.4. The third kappa shape index (κ3) is 5.73. The van der Waals surface area contributed by atoms with Gasteiger partial charge in [-0.05, 0) is 69.8 Å². The zero-order valence-electron chi connectivity index (χ0n) is 33.9. The number of para-hydroxylation sites is 2. The fourth-order valence-electron chi connectivity index (χ4n) is 9.49. The number of hydrogen-bond donors (Lipinski definition) is 0. The first-order valence-corrected chi connectivity index (χ1v) is 22.0. The molecule has 4 aromatic heterocycles. The van der Waals surface area contributed by atoms with E-state index >= 15 is 0 Å². The third-order valence-corrected chi connectivity index (χ3v) is 13.6. The second-order valence-electron chi connectivity index (χ2n) is 16.0. The first-order chi connectivity index (χ1) is 31.2. The van der Waals surface area contributed by atoms with Gasteiger partial charge in [-0.15, -0.1) is 11.3 Å². The number of hydrogen-bond acceptors (Lipinski definition) is 4. The van der Waals surface area contributed by atoms with Crippen molar-refractivity contribution in [1.82, 2.24) is 24.1 Å². The molecule has 13 rings (SSSR count). The van der Waals surface area contributed by atoms with Crippen molar-refractivity contribution < 1.29 is 0 Å². The van der Waals surface area contributed by atoms with Gasteiger partial charge in [0.2, 0.25) is 11.9 Å². The molecule has 0 unspecified atom stereocenters. The number of nitrogens with zero attached hydrogens (tertiary/aromatic N) is 5. The van der Waals surface area contributed by atoms with E-state index in [0.29, 0.717) is 17.7 Å². The highest BCUT2D eigenvalue weighted by Crippen LogP contribution is 2.41. The van der Waals surface area contributed by atoms with Crippen molar-refractivity contribution in [3.8, 4) is 56.7 Å². The lowest BCUT2D eigenvalue weighted by molar-refractivity contribution is 0.893. The van der Waals surface area contributed by atoms with Gasteiger partial charge >= 0.3 is 0 Å². The third-order valence-electron chi connectivity index (χ3n) is 12.4. The molecule has 0 amide bonds. The Morgan fingerprint density at radius 3 is 1.33 bits per heavy atom. The molecule has 0 aliphatic carbocycles. The fraction of sp³-hybridized carbons (Fsp3) is 0. The second-order valence-corrected chi connectivity index (χ2v) is 17.1. The van der Waals surface area contributed by atoms with Crippen molar-refractivity contribution in [3.63, 3.8) is 0 Å². The van der Waals surface area contributed by atoms with Crippen LogP contribution in [-0.4, -0.2) is 24.1 Å². The van der Waals surface area contributed by atoms with E-state index in [2.05, 4.69) is 221 Å². The summed E-state index contributed by atoms with van der Waals surface area (Å²) in [6.45, 7) is 0. The number of fused-ring (bicyclic) bond motifs is 9. The van der Waals surface area contributed by atoms with E-state index in [1.165, 1.54) is 20.2 Å². The van der Waals surface area contributed by atoms with E-state index in [9.17, 15) is 0 Å². The molecule has 0 aliphatic heterocycles. The minimum absolute atomic E-state index is 0.548. The fourth-order valence-corrected chi connectivity index (χ4v) is 10.6. The molecule has 294 valence electrons. The molecule has 13 aromatic rings. The molecule has 0 fully saturated rings.